The van der Waals surface area contributed by atoms with Crippen LogP contribution in [-0.4, -0.2) is 81.4 Å². The number of fused-ring (bicyclic) bond motifs is 1. The maximum atomic E-state index is 13.2. The number of hydrogen-bond acceptors (Lipinski definition) is 4. The van der Waals surface area contributed by atoms with Gasteiger partial charge in [-0.3, -0.25) is 9.59 Å². The monoisotopic (exact) mass is 437 g/mol. The highest BCUT2D eigenvalue weighted by atomic mass is 16.2. The van der Waals surface area contributed by atoms with Crippen molar-refractivity contribution in [3.8, 4) is 0 Å². The van der Waals surface area contributed by atoms with Crippen LogP contribution in [0.15, 0.2) is 30.6 Å². The van der Waals surface area contributed by atoms with Crippen LogP contribution in [0.25, 0.3) is 11.0 Å². The first-order valence-electron chi connectivity index (χ1n) is 12.3. The highest BCUT2D eigenvalue weighted by Crippen LogP contribution is 2.27. The molecular weight excluding hydrogens is 402 g/mol. The van der Waals surface area contributed by atoms with Crippen LogP contribution in [0.5, 0.6) is 0 Å². The van der Waals surface area contributed by atoms with Gasteiger partial charge in [-0.2, -0.15) is 0 Å². The number of imidazole rings is 1. The van der Waals surface area contributed by atoms with Crippen LogP contribution < -0.4 is 0 Å². The average Bonchev–Trinajstić information content (AvgIpc) is 3.53. The Labute approximate surface area is 190 Å². The van der Waals surface area contributed by atoms with Crippen molar-refractivity contribution in [1.82, 2.24) is 24.3 Å². The van der Waals surface area contributed by atoms with E-state index in [2.05, 4.69) is 14.8 Å². The van der Waals surface area contributed by atoms with E-state index < -0.39 is 0 Å². The van der Waals surface area contributed by atoms with Gasteiger partial charge in [0.25, 0.3) is 0 Å². The normalized spacial score (nSPS) is 22.5. The van der Waals surface area contributed by atoms with E-state index in [0.717, 1.165) is 88.8 Å². The maximum absolute atomic E-state index is 13.2. The van der Waals surface area contributed by atoms with Gasteiger partial charge in [0.05, 0.1) is 17.4 Å². The molecule has 3 saturated heterocycles. The first kappa shape index (κ1) is 21.4. The molecule has 172 valence electrons. The van der Waals surface area contributed by atoms with Gasteiger partial charge in [-0.1, -0.05) is 12.1 Å². The van der Waals surface area contributed by atoms with E-state index in [1.54, 1.807) is 6.33 Å². The first-order chi connectivity index (χ1) is 15.6. The summed E-state index contributed by atoms with van der Waals surface area (Å²) in [5.74, 6) is 0.793. The van der Waals surface area contributed by atoms with Crippen molar-refractivity contribution in [2.75, 3.05) is 39.3 Å². The molecule has 0 bridgehead atoms. The van der Waals surface area contributed by atoms with Gasteiger partial charge in [-0.15, -0.1) is 0 Å². The second-order valence-corrected chi connectivity index (χ2v) is 9.72. The summed E-state index contributed by atoms with van der Waals surface area (Å²) in [5, 5.41) is 0. The Bertz CT molecular complexity index is 950. The standard InChI is InChI=1S/C25H35N5O2/c1-19(30-18-26-22-6-2-3-7-23(22)30)24(31)29-16-10-21(11-17-29)27-14-8-20(9-15-27)25(32)28-12-4-5-13-28/h2-3,6-7,18-21H,4-5,8-17H2,1H3/t19-/m1/s1. The smallest absolute Gasteiger partial charge is 0.245 e. The van der Waals surface area contributed by atoms with Gasteiger partial charge in [0.15, 0.2) is 0 Å². The summed E-state index contributed by atoms with van der Waals surface area (Å²) in [4.78, 5) is 37.0. The van der Waals surface area contributed by atoms with Crippen molar-refractivity contribution in [3.63, 3.8) is 0 Å². The number of nitrogens with zero attached hydrogens (tertiary/aromatic N) is 5. The molecule has 2 aromatic rings. The van der Waals surface area contributed by atoms with Gasteiger partial charge in [-0.05, 0) is 70.7 Å². The quantitative estimate of drug-likeness (QED) is 0.738. The Kier molecular flexibility index (Phi) is 6.17. The number of amides is 2. The molecule has 1 atom stereocenters. The molecule has 0 spiro atoms. The molecule has 32 heavy (non-hydrogen) atoms. The topological polar surface area (TPSA) is 61.7 Å². The minimum atomic E-state index is -0.244. The van der Waals surface area contributed by atoms with E-state index in [9.17, 15) is 9.59 Å². The van der Waals surface area contributed by atoms with E-state index in [-0.39, 0.29) is 17.9 Å². The molecule has 7 nitrogen and oxygen atoms in total. The van der Waals surface area contributed by atoms with Crippen molar-refractivity contribution in [1.29, 1.82) is 0 Å². The summed E-state index contributed by atoms with van der Waals surface area (Å²) < 4.78 is 1.99. The molecule has 7 heteroatoms. The van der Waals surface area contributed by atoms with Gasteiger partial charge >= 0.3 is 0 Å². The number of likely N-dealkylation sites (tertiary alicyclic amines) is 3. The van der Waals surface area contributed by atoms with Crippen molar-refractivity contribution < 1.29 is 9.59 Å². The highest BCUT2D eigenvalue weighted by Gasteiger charge is 2.34. The fourth-order valence-corrected chi connectivity index (χ4v) is 5.83. The average molecular weight is 438 g/mol. The van der Waals surface area contributed by atoms with Crippen LogP contribution in [0, 0.1) is 5.92 Å². The lowest BCUT2D eigenvalue weighted by atomic mass is 9.92. The number of carbonyl (C=O) groups excluding carboxylic acids is 2. The summed E-state index contributed by atoms with van der Waals surface area (Å²) >= 11 is 0. The predicted octanol–water partition coefficient (Wildman–Crippen LogP) is 2.92. The first-order valence-corrected chi connectivity index (χ1v) is 12.3. The molecule has 5 rings (SSSR count). The molecule has 1 aromatic heterocycles. The number of rotatable bonds is 4. The van der Waals surface area contributed by atoms with E-state index in [0.29, 0.717) is 11.9 Å². The third-order valence-electron chi connectivity index (χ3n) is 7.84. The zero-order chi connectivity index (χ0) is 22.1. The minimum absolute atomic E-state index is 0.182. The van der Waals surface area contributed by atoms with E-state index in [1.807, 2.05) is 40.7 Å². The summed E-state index contributed by atoms with van der Waals surface area (Å²) in [7, 11) is 0. The molecule has 1 aromatic carbocycles. The number of aromatic nitrogens is 2. The molecule has 0 N–H and O–H groups in total. The Morgan fingerprint density at radius 1 is 0.906 bits per heavy atom. The Morgan fingerprint density at radius 2 is 1.59 bits per heavy atom. The Morgan fingerprint density at radius 3 is 2.31 bits per heavy atom. The zero-order valence-corrected chi connectivity index (χ0v) is 19.2. The van der Waals surface area contributed by atoms with Crippen LogP contribution in [0.4, 0.5) is 0 Å². The molecule has 3 aliphatic heterocycles. The summed E-state index contributed by atoms with van der Waals surface area (Å²) in [6.07, 6.45) is 8.13. The summed E-state index contributed by atoms with van der Waals surface area (Å²) in [5.41, 5.74) is 1.94. The maximum Gasteiger partial charge on any atom is 0.245 e. The molecule has 2 amide bonds. The minimum Gasteiger partial charge on any atom is -0.342 e. The largest absolute Gasteiger partial charge is 0.342 e. The van der Waals surface area contributed by atoms with Gasteiger partial charge in [0, 0.05) is 38.1 Å². The molecule has 4 heterocycles. The molecule has 0 saturated carbocycles. The lowest BCUT2D eigenvalue weighted by Gasteiger charge is -2.42. The molecule has 0 aliphatic carbocycles. The van der Waals surface area contributed by atoms with E-state index in [1.165, 1.54) is 0 Å². The van der Waals surface area contributed by atoms with Crippen LogP contribution in [0.2, 0.25) is 0 Å². The van der Waals surface area contributed by atoms with Gasteiger partial charge in [0.2, 0.25) is 11.8 Å². The SMILES string of the molecule is C[C@H](C(=O)N1CCC(N2CCC(C(=O)N3CCCC3)CC2)CC1)n1cnc2ccccc21. The second-order valence-electron chi connectivity index (χ2n) is 9.72. The fourth-order valence-electron chi connectivity index (χ4n) is 5.83. The molecular formula is C25H35N5O2. The highest BCUT2D eigenvalue weighted by molar-refractivity contribution is 5.83. The van der Waals surface area contributed by atoms with Gasteiger partial charge < -0.3 is 19.3 Å². The van der Waals surface area contributed by atoms with Crippen LogP contribution >= 0.6 is 0 Å². The third kappa shape index (κ3) is 4.15. The molecule has 3 aliphatic rings. The Balaban J connectivity index is 1.12. The van der Waals surface area contributed by atoms with Gasteiger partial charge in [0.1, 0.15) is 6.04 Å². The van der Waals surface area contributed by atoms with Crippen LogP contribution in [-0.2, 0) is 9.59 Å². The number of piperidine rings is 2. The zero-order valence-electron chi connectivity index (χ0n) is 19.2. The molecule has 3 fully saturated rings. The van der Waals surface area contributed by atoms with Crippen molar-refractivity contribution in [3.05, 3.63) is 30.6 Å². The number of para-hydroxylation sites is 2. The van der Waals surface area contributed by atoms with Gasteiger partial charge in [-0.25, -0.2) is 4.98 Å². The number of benzene rings is 1. The predicted molar refractivity (Wildman–Crippen MR) is 124 cm³/mol. The lowest BCUT2D eigenvalue weighted by molar-refractivity contribution is -0.138. The lowest BCUT2D eigenvalue weighted by Crippen LogP contribution is -2.51. The fraction of sp³-hybridized carbons (Fsp3) is 0.640. The van der Waals surface area contributed by atoms with Crippen molar-refractivity contribution in [2.45, 2.75) is 57.5 Å². The summed E-state index contributed by atoms with van der Waals surface area (Å²) in [6.45, 7) is 7.54. The number of carbonyl (C=O) groups is 2. The Hall–Kier alpha value is -2.41. The van der Waals surface area contributed by atoms with Crippen LogP contribution in [0.3, 0.4) is 0 Å². The van der Waals surface area contributed by atoms with Crippen molar-refractivity contribution in [2.24, 2.45) is 5.92 Å². The van der Waals surface area contributed by atoms with Crippen LogP contribution in [0.1, 0.15) is 51.5 Å². The number of hydrogen-bond donors (Lipinski definition) is 0. The molecule has 0 radical (unpaired) electrons. The summed E-state index contributed by atoms with van der Waals surface area (Å²) in [6, 6.07) is 8.26. The second kappa shape index (κ2) is 9.22. The third-order valence-corrected chi connectivity index (χ3v) is 7.84. The van der Waals surface area contributed by atoms with Crippen molar-refractivity contribution >= 4 is 22.8 Å². The van der Waals surface area contributed by atoms with E-state index in [4.69, 9.17) is 0 Å². The van der Waals surface area contributed by atoms with E-state index >= 15 is 0 Å². The molecule has 0 unspecified atom stereocenters.